The molecule has 0 amide bonds. The summed E-state index contributed by atoms with van der Waals surface area (Å²) in [5.41, 5.74) is 0. The van der Waals surface area contributed by atoms with Crippen LogP contribution < -0.4 is 5.32 Å². The van der Waals surface area contributed by atoms with Crippen molar-refractivity contribution >= 4 is 0 Å². The van der Waals surface area contributed by atoms with E-state index in [-0.39, 0.29) is 0 Å². The molecule has 1 aromatic heterocycles. The van der Waals surface area contributed by atoms with Gasteiger partial charge in [-0.15, -0.1) is 0 Å². The quantitative estimate of drug-likeness (QED) is 0.773. The van der Waals surface area contributed by atoms with Crippen LogP contribution in [-0.4, -0.2) is 17.6 Å². The third-order valence-electron chi connectivity index (χ3n) is 2.90. The number of oxazole rings is 1. The lowest BCUT2D eigenvalue weighted by atomic mass is 10.3. The molecule has 76 valence electrons. The van der Waals surface area contributed by atoms with Crippen LogP contribution in [0.15, 0.2) is 10.6 Å². The van der Waals surface area contributed by atoms with Crippen molar-refractivity contribution in [3.05, 3.63) is 17.8 Å². The second kappa shape index (κ2) is 3.39. The molecular weight excluding hydrogens is 176 g/mol. The molecule has 0 aromatic carbocycles. The summed E-state index contributed by atoms with van der Waals surface area (Å²) in [6.45, 7) is 1.01. The van der Waals surface area contributed by atoms with Crippen LogP contribution in [0.3, 0.4) is 0 Å². The van der Waals surface area contributed by atoms with Crippen molar-refractivity contribution in [2.75, 3.05) is 6.54 Å². The van der Waals surface area contributed by atoms with E-state index in [9.17, 15) is 0 Å². The van der Waals surface area contributed by atoms with Gasteiger partial charge in [0.05, 0.1) is 6.20 Å². The van der Waals surface area contributed by atoms with Crippen LogP contribution in [0.5, 0.6) is 0 Å². The molecule has 0 unspecified atom stereocenters. The Morgan fingerprint density at radius 1 is 1.36 bits per heavy atom. The Labute approximate surface area is 83.9 Å². The predicted molar refractivity (Wildman–Crippen MR) is 53.2 cm³/mol. The molecule has 2 aliphatic rings. The first kappa shape index (κ1) is 8.48. The standard InChI is InChI=1S/C11H16N2O/c1-2-8(1)10-7-13-11(14-10)5-6-12-9-3-4-9/h7-9,12H,1-6H2. The SMILES string of the molecule is c1nc(CCNC2CC2)oc1C1CC1. The Morgan fingerprint density at radius 3 is 2.93 bits per heavy atom. The highest BCUT2D eigenvalue weighted by Crippen LogP contribution is 2.40. The predicted octanol–water partition coefficient (Wildman–Crippen LogP) is 1.85. The summed E-state index contributed by atoms with van der Waals surface area (Å²) in [5, 5.41) is 3.46. The Bertz CT molecular complexity index is 313. The van der Waals surface area contributed by atoms with Gasteiger partial charge < -0.3 is 9.73 Å². The molecule has 0 radical (unpaired) electrons. The van der Waals surface area contributed by atoms with Crippen molar-refractivity contribution in [2.24, 2.45) is 0 Å². The van der Waals surface area contributed by atoms with E-state index >= 15 is 0 Å². The number of rotatable bonds is 5. The highest BCUT2D eigenvalue weighted by Gasteiger charge is 2.27. The zero-order chi connectivity index (χ0) is 9.38. The molecule has 0 bridgehead atoms. The minimum Gasteiger partial charge on any atom is -0.445 e. The van der Waals surface area contributed by atoms with Gasteiger partial charge in [-0.3, -0.25) is 0 Å². The van der Waals surface area contributed by atoms with Gasteiger partial charge in [0.2, 0.25) is 0 Å². The molecule has 2 aliphatic carbocycles. The summed E-state index contributed by atoms with van der Waals surface area (Å²) in [5.74, 6) is 2.69. The number of hydrogen-bond donors (Lipinski definition) is 1. The van der Waals surface area contributed by atoms with Gasteiger partial charge in [0, 0.05) is 24.9 Å². The van der Waals surface area contributed by atoms with Crippen LogP contribution in [0.2, 0.25) is 0 Å². The lowest BCUT2D eigenvalue weighted by Crippen LogP contribution is -2.19. The number of aromatic nitrogens is 1. The fraction of sp³-hybridized carbons (Fsp3) is 0.727. The van der Waals surface area contributed by atoms with Gasteiger partial charge in [0.1, 0.15) is 5.76 Å². The molecule has 0 atom stereocenters. The molecule has 3 rings (SSSR count). The maximum atomic E-state index is 5.66. The van der Waals surface area contributed by atoms with E-state index in [1.807, 2.05) is 6.20 Å². The van der Waals surface area contributed by atoms with E-state index in [2.05, 4.69) is 10.3 Å². The highest BCUT2D eigenvalue weighted by molar-refractivity contribution is 5.08. The summed E-state index contributed by atoms with van der Waals surface area (Å²) in [6.07, 6.45) is 8.11. The van der Waals surface area contributed by atoms with Gasteiger partial charge in [0.15, 0.2) is 5.89 Å². The Morgan fingerprint density at radius 2 is 2.21 bits per heavy atom. The average Bonchev–Trinajstić information content (AvgIpc) is 3.07. The van der Waals surface area contributed by atoms with Gasteiger partial charge in [-0.25, -0.2) is 4.98 Å². The van der Waals surface area contributed by atoms with E-state index in [1.165, 1.54) is 25.7 Å². The molecule has 3 nitrogen and oxygen atoms in total. The molecular formula is C11H16N2O. The molecule has 1 N–H and O–H groups in total. The molecule has 1 heterocycles. The Hall–Kier alpha value is -0.830. The monoisotopic (exact) mass is 192 g/mol. The molecule has 2 fully saturated rings. The van der Waals surface area contributed by atoms with Crippen LogP contribution in [0, 0.1) is 0 Å². The Kier molecular flexibility index (Phi) is 2.05. The first-order valence-corrected chi connectivity index (χ1v) is 5.60. The van der Waals surface area contributed by atoms with Crippen molar-refractivity contribution < 1.29 is 4.42 Å². The lowest BCUT2D eigenvalue weighted by Gasteiger charge is -1.98. The van der Waals surface area contributed by atoms with Gasteiger partial charge >= 0.3 is 0 Å². The third kappa shape index (κ3) is 1.98. The number of hydrogen-bond acceptors (Lipinski definition) is 3. The molecule has 3 heteroatoms. The van der Waals surface area contributed by atoms with Crippen LogP contribution in [0.1, 0.15) is 43.3 Å². The fourth-order valence-electron chi connectivity index (χ4n) is 1.67. The normalized spacial score (nSPS) is 21.4. The second-order valence-corrected chi connectivity index (χ2v) is 4.41. The second-order valence-electron chi connectivity index (χ2n) is 4.41. The molecule has 2 saturated carbocycles. The van der Waals surface area contributed by atoms with Crippen molar-refractivity contribution in [1.29, 1.82) is 0 Å². The molecule has 1 aromatic rings. The minimum atomic E-state index is 0.688. The lowest BCUT2D eigenvalue weighted by molar-refractivity contribution is 0.449. The Balaban J connectivity index is 1.49. The van der Waals surface area contributed by atoms with E-state index in [4.69, 9.17) is 4.42 Å². The smallest absolute Gasteiger partial charge is 0.195 e. The van der Waals surface area contributed by atoms with Crippen LogP contribution in [0.25, 0.3) is 0 Å². The number of nitrogens with one attached hydrogen (secondary N) is 1. The maximum absolute atomic E-state index is 5.66. The van der Waals surface area contributed by atoms with Crippen molar-refractivity contribution in [3.63, 3.8) is 0 Å². The van der Waals surface area contributed by atoms with Crippen molar-refractivity contribution in [2.45, 2.75) is 44.1 Å². The third-order valence-corrected chi connectivity index (χ3v) is 2.90. The summed E-state index contributed by atoms with van der Waals surface area (Å²) in [7, 11) is 0. The minimum absolute atomic E-state index is 0.688. The molecule has 0 saturated heterocycles. The van der Waals surface area contributed by atoms with Gasteiger partial charge in [0.25, 0.3) is 0 Å². The topological polar surface area (TPSA) is 38.1 Å². The van der Waals surface area contributed by atoms with Crippen LogP contribution in [0.4, 0.5) is 0 Å². The zero-order valence-corrected chi connectivity index (χ0v) is 8.33. The summed E-state index contributed by atoms with van der Waals surface area (Å²) < 4.78 is 5.66. The summed E-state index contributed by atoms with van der Waals surface area (Å²) in [6, 6.07) is 0.785. The molecule has 0 spiro atoms. The summed E-state index contributed by atoms with van der Waals surface area (Å²) >= 11 is 0. The van der Waals surface area contributed by atoms with Gasteiger partial charge in [-0.2, -0.15) is 0 Å². The van der Waals surface area contributed by atoms with Crippen LogP contribution in [-0.2, 0) is 6.42 Å². The largest absolute Gasteiger partial charge is 0.445 e. The fourth-order valence-corrected chi connectivity index (χ4v) is 1.67. The highest BCUT2D eigenvalue weighted by atomic mass is 16.4. The van der Waals surface area contributed by atoms with Crippen molar-refractivity contribution in [1.82, 2.24) is 10.3 Å². The zero-order valence-electron chi connectivity index (χ0n) is 8.33. The average molecular weight is 192 g/mol. The van der Waals surface area contributed by atoms with E-state index in [1.54, 1.807) is 0 Å². The van der Waals surface area contributed by atoms with Gasteiger partial charge in [-0.1, -0.05) is 0 Å². The van der Waals surface area contributed by atoms with E-state index < -0.39 is 0 Å². The van der Waals surface area contributed by atoms with Crippen LogP contribution >= 0.6 is 0 Å². The first-order valence-electron chi connectivity index (χ1n) is 5.60. The summed E-state index contributed by atoms with van der Waals surface area (Å²) in [4.78, 5) is 4.29. The van der Waals surface area contributed by atoms with Gasteiger partial charge in [-0.05, 0) is 25.7 Å². The van der Waals surface area contributed by atoms with E-state index in [0.29, 0.717) is 5.92 Å². The van der Waals surface area contributed by atoms with Crippen molar-refractivity contribution in [3.8, 4) is 0 Å². The maximum Gasteiger partial charge on any atom is 0.195 e. The molecule has 0 aliphatic heterocycles. The van der Waals surface area contributed by atoms with E-state index in [0.717, 1.165) is 30.7 Å². The first-order chi connectivity index (χ1) is 6.92. The number of nitrogens with zero attached hydrogens (tertiary/aromatic N) is 1. The molecule has 14 heavy (non-hydrogen) atoms.